The highest BCUT2D eigenvalue weighted by molar-refractivity contribution is 6.37. The lowest BCUT2D eigenvalue weighted by Crippen LogP contribution is -1.91. The van der Waals surface area contributed by atoms with Crippen LogP contribution in [-0.2, 0) is 0 Å². The average molecular weight is 416 g/mol. The van der Waals surface area contributed by atoms with Crippen LogP contribution in [0, 0.1) is 6.92 Å². The molecule has 0 saturated carbocycles. The van der Waals surface area contributed by atoms with E-state index in [9.17, 15) is 0 Å². The molecular weight excluding hydrogens is 403 g/mol. The number of ether oxygens (including phenoxy) is 1. The van der Waals surface area contributed by atoms with Crippen molar-refractivity contribution >= 4 is 45.7 Å². The van der Waals surface area contributed by atoms with Crippen LogP contribution in [-0.4, -0.2) is 9.97 Å². The Balaban J connectivity index is 1.75. The van der Waals surface area contributed by atoms with Gasteiger partial charge in [0.05, 0.1) is 21.3 Å². The molecule has 2 heterocycles. The first kappa shape index (κ1) is 18.1. The van der Waals surface area contributed by atoms with E-state index in [-0.39, 0.29) is 0 Å². The van der Waals surface area contributed by atoms with Gasteiger partial charge in [-0.15, -0.1) is 0 Å². The molecule has 0 radical (unpaired) electrons. The molecule has 134 valence electrons. The summed E-state index contributed by atoms with van der Waals surface area (Å²) < 4.78 is 5.92. The van der Waals surface area contributed by atoms with E-state index in [0.717, 1.165) is 27.7 Å². The zero-order valence-corrected chi connectivity index (χ0v) is 16.5. The molecule has 0 amide bonds. The van der Waals surface area contributed by atoms with E-state index in [1.54, 1.807) is 30.5 Å². The number of hydrogen-bond donors (Lipinski definition) is 0. The molecule has 0 atom stereocenters. The van der Waals surface area contributed by atoms with Crippen molar-refractivity contribution in [1.29, 1.82) is 0 Å². The van der Waals surface area contributed by atoms with Gasteiger partial charge in [0.2, 0.25) is 0 Å². The fourth-order valence-electron chi connectivity index (χ4n) is 2.84. The second-order valence-corrected chi connectivity index (χ2v) is 7.23. The molecule has 0 unspecified atom stereocenters. The fourth-order valence-corrected chi connectivity index (χ4v) is 3.49. The average Bonchev–Trinajstić information content (AvgIpc) is 2.65. The van der Waals surface area contributed by atoms with Gasteiger partial charge in [-0.1, -0.05) is 40.9 Å². The van der Waals surface area contributed by atoms with E-state index in [4.69, 9.17) is 44.5 Å². The predicted molar refractivity (Wildman–Crippen MR) is 111 cm³/mol. The number of aryl methyl sites for hydroxylation is 1. The van der Waals surface area contributed by atoms with E-state index in [1.807, 2.05) is 37.3 Å². The summed E-state index contributed by atoms with van der Waals surface area (Å²) in [6.45, 7) is 2.03. The van der Waals surface area contributed by atoms with Crippen LogP contribution in [0.4, 0.5) is 0 Å². The van der Waals surface area contributed by atoms with E-state index >= 15 is 0 Å². The quantitative estimate of drug-likeness (QED) is 0.328. The Morgan fingerprint density at radius 3 is 2.41 bits per heavy atom. The molecule has 0 saturated heterocycles. The molecule has 0 N–H and O–H groups in total. The Hall–Kier alpha value is -2.33. The van der Waals surface area contributed by atoms with Gasteiger partial charge in [-0.2, -0.15) is 0 Å². The third-order valence-corrected chi connectivity index (χ3v) is 4.95. The lowest BCUT2D eigenvalue weighted by molar-refractivity contribution is 0.484. The van der Waals surface area contributed by atoms with Gasteiger partial charge in [0, 0.05) is 17.1 Å². The third kappa shape index (κ3) is 3.72. The van der Waals surface area contributed by atoms with Gasteiger partial charge < -0.3 is 4.74 Å². The summed E-state index contributed by atoms with van der Waals surface area (Å²) in [6.07, 6.45) is 1.67. The van der Waals surface area contributed by atoms with Crippen molar-refractivity contribution in [2.45, 2.75) is 6.92 Å². The molecule has 0 spiro atoms. The first-order chi connectivity index (χ1) is 13.0. The molecule has 0 aliphatic rings. The van der Waals surface area contributed by atoms with Crippen LogP contribution >= 0.6 is 34.8 Å². The molecule has 0 fully saturated rings. The molecule has 0 aliphatic heterocycles. The predicted octanol–water partition coefficient (Wildman–Crippen LogP) is 7.36. The van der Waals surface area contributed by atoms with Crippen LogP contribution < -0.4 is 4.74 Å². The second-order valence-electron chi connectivity index (χ2n) is 6.02. The molecule has 0 aliphatic carbocycles. The zero-order chi connectivity index (χ0) is 19.0. The van der Waals surface area contributed by atoms with Gasteiger partial charge in [0.15, 0.2) is 5.75 Å². The van der Waals surface area contributed by atoms with E-state index < -0.39 is 0 Å². The van der Waals surface area contributed by atoms with Gasteiger partial charge in [0.1, 0.15) is 10.9 Å². The minimum atomic E-state index is 0.437. The third-order valence-electron chi connectivity index (χ3n) is 4.15. The minimum absolute atomic E-state index is 0.437. The molecule has 27 heavy (non-hydrogen) atoms. The highest BCUT2D eigenvalue weighted by Crippen LogP contribution is 2.37. The van der Waals surface area contributed by atoms with Gasteiger partial charge in [0.25, 0.3) is 0 Å². The monoisotopic (exact) mass is 414 g/mol. The minimum Gasteiger partial charge on any atom is -0.454 e. The first-order valence-electron chi connectivity index (χ1n) is 8.16. The Morgan fingerprint density at radius 2 is 1.67 bits per heavy atom. The van der Waals surface area contributed by atoms with Crippen molar-refractivity contribution in [1.82, 2.24) is 9.97 Å². The van der Waals surface area contributed by atoms with Gasteiger partial charge in [-0.3, -0.25) is 0 Å². The summed E-state index contributed by atoms with van der Waals surface area (Å²) in [4.78, 5) is 8.75. The van der Waals surface area contributed by atoms with Crippen LogP contribution in [0.5, 0.6) is 11.5 Å². The number of rotatable bonds is 3. The highest BCUT2D eigenvalue weighted by atomic mass is 35.5. The maximum absolute atomic E-state index is 6.19. The van der Waals surface area contributed by atoms with E-state index in [0.29, 0.717) is 26.7 Å². The number of benzene rings is 2. The van der Waals surface area contributed by atoms with Gasteiger partial charge >= 0.3 is 0 Å². The lowest BCUT2D eigenvalue weighted by atomic mass is 10.1. The topological polar surface area (TPSA) is 35.0 Å². The van der Waals surface area contributed by atoms with Crippen molar-refractivity contribution in [3.05, 3.63) is 81.6 Å². The standard InChI is InChI=1S/C21H13Cl3N2O/c1-12-9-19(13-7-8-25-20(24)10-13)26-18-6-5-14(11-15(12)18)27-21-16(22)3-2-4-17(21)23/h2-11H,1H3. The summed E-state index contributed by atoms with van der Waals surface area (Å²) in [5.74, 6) is 1.08. The summed E-state index contributed by atoms with van der Waals surface area (Å²) in [5.41, 5.74) is 3.68. The molecule has 4 aromatic rings. The van der Waals surface area contributed by atoms with Crippen molar-refractivity contribution < 1.29 is 4.74 Å². The Kier molecular flexibility index (Phi) is 4.92. The molecule has 2 aromatic heterocycles. The smallest absolute Gasteiger partial charge is 0.164 e. The highest BCUT2D eigenvalue weighted by Gasteiger charge is 2.11. The molecule has 4 rings (SSSR count). The molecule has 2 aromatic carbocycles. The van der Waals surface area contributed by atoms with Crippen LogP contribution in [0.3, 0.4) is 0 Å². The Labute approximate surface area is 171 Å². The molecule has 6 heteroatoms. The second kappa shape index (κ2) is 7.35. The van der Waals surface area contributed by atoms with Gasteiger partial charge in [-0.25, -0.2) is 9.97 Å². The number of fused-ring (bicyclic) bond motifs is 1. The van der Waals surface area contributed by atoms with Crippen molar-refractivity contribution in [2.75, 3.05) is 0 Å². The van der Waals surface area contributed by atoms with Crippen molar-refractivity contribution in [3.63, 3.8) is 0 Å². The number of pyridine rings is 2. The summed E-state index contributed by atoms with van der Waals surface area (Å²) >= 11 is 18.4. The van der Waals surface area contributed by atoms with Gasteiger partial charge in [-0.05, 0) is 61.0 Å². The zero-order valence-electron chi connectivity index (χ0n) is 14.2. The Morgan fingerprint density at radius 1 is 0.889 bits per heavy atom. The number of hydrogen-bond acceptors (Lipinski definition) is 3. The van der Waals surface area contributed by atoms with Crippen LogP contribution in [0.15, 0.2) is 60.8 Å². The number of halogens is 3. The number of para-hydroxylation sites is 1. The molecule has 0 bridgehead atoms. The summed E-state index contributed by atoms with van der Waals surface area (Å²) in [7, 11) is 0. The lowest BCUT2D eigenvalue weighted by Gasteiger charge is -2.12. The maximum atomic E-state index is 6.19. The van der Waals surface area contributed by atoms with E-state index in [1.165, 1.54) is 0 Å². The van der Waals surface area contributed by atoms with E-state index in [2.05, 4.69) is 4.98 Å². The Bertz CT molecular complexity index is 1140. The largest absolute Gasteiger partial charge is 0.454 e. The van der Waals surface area contributed by atoms with Crippen LogP contribution in [0.2, 0.25) is 15.2 Å². The maximum Gasteiger partial charge on any atom is 0.164 e. The summed E-state index contributed by atoms with van der Waals surface area (Å²) in [6, 6.07) is 16.6. The molecular formula is C21H13Cl3N2O. The molecule has 3 nitrogen and oxygen atoms in total. The van der Waals surface area contributed by atoms with Crippen molar-refractivity contribution in [3.8, 4) is 22.8 Å². The van der Waals surface area contributed by atoms with Crippen LogP contribution in [0.25, 0.3) is 22.2 Å². The van der Waals surface area contributed by atoms with Crippen molar-refractivity contribution in [2.24, 2.45) is 0 Å². The summed E-state index contributed by atoms with van der Waals surface area (Å²) in [5, 5.41) is 2.34. The first-order valence-corrected chi connectivity index (χ1v) is 9.30. The SMILES string of the molecule is Cc1cc(-c2ccnc(Cl)c2)nc2ccc(Oc3c(Cl)cccc3Cl)cc12. The fraction of sp³-hybridized carbons (Fsp3) is 0.0476. The number of nitrogens with zero attached hydrogens (tertiary/aromatic N) is 2. The number of aromatic nitrogens is 2. The van der Waals surface area contributed by atoms with Crippen LogP contribution in [0.1, 0.15) is 5.56 Å². The normalized spacial score (nSPS) is 11.0.